The van der Waals surface area contributed by atoms with Gasteiger partial charge < -0.3 is 15.0 Å². The van der Waals surface area contributed by atoms with Crippen LogP contribution in [0.4, 0.5) is 5.82 Å². The van der Waals surface area contributed by atoms with E-state index in [1.807, 2.05) is 11.0 Å². The molecule has 8 nitrogen and oxygen atoms in total. The number of piperazine rings is 1. The summed E-state index contributed by atoms with van der Waals surface area (Å²) in [5.74, 6) is 1.31. The zero-order valence-electron chi connectivity index (χ0n) is 13.9. The maximum atomic E-state index is 11.6. The zero-order valence-corrected chi connectivity index (χ0v) is 13.9. The van der Waals surface area contributed by atoms with E-state index in [2.05, 4.69) is 26.1 Å². The number of carbonyl (C=O) groups is 1. The van der Waals surface area contributed by atoms with E-state index in [9.17, 15) is 4.79 Å². The van der Waals surface area contributed by atoms with Crippen molar-refractivity contribution in [1.29, 1.82) is 0 Å². The summed E-state index contributed by atoms with van der Waals surface area (Å²) in [6.07, 6.45) is 5.15. The predicted octanol–water partition coefficient (Wildman–Crippen LogP) is -0.255. The van der Waals surface area contributed by atoms with Crippen LogP contribution in [0.5, 0.6) is 0 Å². The number of amides is 1. The highest BCUT2D eigenvalue weighted by atomic mass is 16.5. The van der Waals surface area contributed by atoms with Gasteiger partial charge in [-0.25, -0.2) is 15.4 Å². The van der Waals surface area contributed by atoms with Gasteiger partial charge in [-0.1, -0.05) is 0 Å². The monoisotopic (exact) mass is 332 g/mol. The van der Waals surface area contributed by atoms with E-state index in [-0.39, 0.29) is 11.9 Å². The van der Waals surface area contributed by atoms with Gasteiger partial charge in [0.2, 0.25) is 5.91 Å². The first-order valence-electron chi connectivity index (χ1n) is 8.62. The number of aromatic nitrogens is 2. The van der Waals surface area contributed by atoms with E-state index in [1.165, 1.54) is 0 Å². The summed E-state index contributed by atoms with van der Waals surface area (Å²) in [5.41, 5.74) is 7.79. The van der Waals surface area contributed by atoms with Crippen molar-refractivity contribution in [2.24, 2.45) is 5.92 Å². The molecule has 4 unspecified atom stereocenters. The summed E-state index contributed by atoms with van der Waals surface area (Å²) in [6.45, 7) is 1.78. The molecule has 2 aliphatic heterocycles. The van der Waals surface area contributed by atoms with Gasteiger partial charge in [-0.15, -0.1) is 0 Å². The van der Waals surface area contributed by atoms with E-state index in [1.54, 1.807) is 13.4 Å². The molecule has 3 aliphatic rings. The van der Waals surface area contributed by atoms with Gasteiger partial charge in [0.15, 0.2) is 0 Å². The molecule has 0 bridgehead atoms. The number of nitrogens with zero attached hydrogens (tertiary/aromatic N) is 3. The summed E-state index contributed by atoms with van der Waals surface area (Å²) >= 11 is 0. The quantitative estimate of drug-likeness (QED) is 0.703. The third-order valence-electron chi connectivity index (χ3n) is 5.39. The van der Waals surface area contributed by atoms with Crippen molar-refractivity contribution in [2.45, 2.75) is 37.5 Å². The summed E-state index contributed by atoms with van der Waals surface area (Å²) in [4.78, 5) is 22.5. The second-order valence-electron chi connectivity index (χ2n) is 6.78. The van der Waals surface area contributed by atoms with Crippen LogP contribution in [-0.4, -0.2) is 54.8 Å². The second-order valence-corrected chi connectivity index (χ2v) is 6.78. The van der Waals surface area contributed by atoms with Crippen LogP contribution in [0.3, 0.4) is 0 Å². The SMILES string of the molecule is COC1CCC2NNC(c3cc(N4CCNC(=O)C4)ncn3)C2C1. The molecule has 4 rings (SSSR count). The van der Waals surface area contributed by atoms with E-state index < -0.39 is 0 Å². The third-order valence-corrected chi connectivity index (χ3v) is 5.39. The molecule has 1 aromatic rings. The first-order valence-corrected chi connectivity index (χ1v) is 8.62. The minimum atomic E-state index is 0.0392. The average molecular weight is 332 g/mol. The Hall–Kier alpha value is -1.77. The van der Waals surface area contributed by atoms with Crippen LogP contribution >= 0.6 is 0 Å². The van der Waals surface area contributed by atoms with Crippen LogP contribution in [0.2, 0.25) is 0 Å². The Bertz CT molecular complexity index is 612. The molecule has 24 heavy (non-hydrogen) atoms. The molecule has 1 aromatic heterocycles. The maximum absolute atomic E-state index is 11.6. The van der Waals surface area contributed by atoms with Gasteiger partial charge in [0, 0.05) is 38.2 Å². The predicted molar refractivity (Wildman–Crippen MR) is 88.2 cm³/mol. The Morgan fingerprint density at radius 1 is 1.29 bits per heavy atom. The highest BCUT2D eigenvalue weighted by molar-refractivity contribution is 5.82. The fourth-order valence-electron chi connectivity index (χ4n) is 4.06. The Morgan fingerprint density at radius 3 is 3.04 bits per heavy atom. The molecule has 130 valence electrons. The summed E-state index contributed by atoms with van der Waals surface area (Å²) in [7, 11) is 1.79. The molecule has 1 saturated carbocycles. The van der Waals surface area contributed by atoms with Crippen molar-refractivity contribution in [1.82, 2.24) is 26.1 Å². The van der Waals surface area contributed by atoms with Crippen molar-refractivity contribution in [3.8, 4) is 0 Å². The van der Waals surface area contributed by atoms with Crippen molar-refractivity contribution < 1.29 is 9.53 Å². The number of hydrogen-bond donors (Lipinski definition) is 3. The highest BCUT2D eigenvalue weighted by Gasteiger charge is 2.41. The molecular weight excluding hydrogens is 308 g/mol. The molecule has 1 aliphatic carbocycles. The van der Waals surface area contributed by atoms with Crippen LogP contribution in [0.1, 0.15) is 31.0 Å². The molecule has 0 aromatic carbocycles. The number of hydrazine groups is 1. The van der Waals surface area contributed by atoms with Gasteiger partial charge in [-0.05, 0) is 19.3 Å². The number of ether oxygens (including phenoxy) is 1. The fraction of sp³-hybridized carbons (Fsp3) is 0.688. The zero-order chi connectivity index (χ0) is 16.5. The molecule has 3 N–H and O–H groups in total. The summed E-state index contributed by atoms with van der Waals surface area (Å²) in [5, 5.41) is 2.84. The largest absolute Gasteiger partial charge is 0.381 e. The molecule has 8 heteroatoms. The number of rotatable bonds is 3. The molecular formula is C16H24N6O2. The summed E-state index contributed by atoms with van der Waals surface area (Å²) < 4.78 is 5.57. The van der Waals surface area contributed by atoms with Gasteiger partial charge >= 0.3 is 0 Å². The lowest BCUT2D eigenvalue weighted by Gasteiger charge is -2.32. The minimum absolute atomic E-state index is 0.0392. The number of methoxy groups -OCH3 is 1. The number of nitrogens with one attached hydrogen (secondary N) is 3. The number of anilines is 1. The lowest BCUT2D eigenvalue weighted by molar-refractivity contribution is -0.120. The van der Waals surface area contributed by atoms with Crippen LogP contribution in [0.15, 0.2) is 12.4 Å². The standard InChI is InChI=1S/C16H24N6O2/c1-24-10-2-3-12-11(6-10)16(21-20-12)13-7-14(19-9-18-13)22-5-4-17-15(23)8-22/h7,9-12,16,20-21H,2-6,8H2,1H3,(H,17,23). The van der Waals surface area contributed by atoms with Gasteiger partial charge in [0.05, 0.1) is 24.4 Å². The minimum Gasteiger partial charge on any atom is -0.381 e. The number of carbonyl (C=O) groups excluding carboxylic acids is 1. The molecule has 3 fully saturated rings. The molecule has 4 atom stereocenters. The maximum Gasteiger partial charge on any atom is 0.239 e. The van der Waals surface area contributed by atoms with Crippen LogP contribution in [-0.2, 0) is 9.53 Å². The Kier molecular flexibility index (Phi) is 4.34. The highest BCUT2D eigenvalue weighted by Crippen LogP contribution is 2.38. The Morgan fingerprint density at radius 2 is 2.21 bits per heavy atom. The topological polar surface area (TPSA) is 91.4 Å². The lowest BCUT2D eigenvalue weighted by atomic mass is 9.79. The Labute approximate surface area is 141 Å². The molecule has 1 amide bonds. The molecule has 3 heterocycles. The van der Waals surface area contributed by atoms with Crippen molar-refractivity contribution in [3.63, 3.8) is 0 Å². The second kappa shape index (κ2) is 6.62. The van der Waals surface area contributed by atoms with Crippen LogP contribution in [0.25, 0.3) is 0 Å². The fourth-order valence-corrected chi connectivity index (χ4v) is 4.06. The first kappa shape index (κ1) is 15.7. The third kappa shape index (κ3) is 2.97. The normalized spacial score (nSPS) is 33.2. The van der Waals surface area contributed by atoms with E-state index in [0.717, 1.165) is 37.3 Å². The van der Waals surface area contributed by atoms with Gasteiger partial charge in [0.25, 0.3) is 0 Å². The van der Waals surface area contributed by atoms with E-state index in [4.69, 9.17) is 4.74 Å². The van der Waals surface area contributed by atoms with Crippen molar-refractivity contribution in [3.05, 3.63) is 18.1 Å². The van der Waals surface area contributed by atoms with Crippen LogP contribution in [0, 0.1) is 5.92 Å². The van der Waals surface area contributed by atoms with Crippen molar-refractivity contribution in [2.75, 3.05) is 31.6 Å². The van der Waals surface area contributed by atoms with Crippen molar-refractivity contribution >= 4 is 11.7 Å². The lowest BCUT2D eigenvalue weighted by Crippen LogP contribution is -2.48. The molecule has 0 spiro atoms. The van der Waals surface area contributed by atoms with Gasteiger partial charge in [-0.3, -0.25) is 10.2 Å². The van der Waals surface area contributed by atoms with E-state index in [0.29, 0.717) is 31.2 Å². The smallest absolute Gasteiger partial charge is 0.239 e. The average Bonchev–Trinajstić information content (AvgIpc) is 3.05. The number of hydrogen-bond acceptors (Lipinski definition) is 7. The molecule has 0 radical (unpaired) electrons. The summed E-state index contributed by atoms with van der Waals surface area (Å²) in [6, 6.07) is 2.62. The molecule has 2 saturated heterocycles. The number of fused-ring (bicyclic) bond motifs is 1. The van der Waals surface area contributed by atoms with E-state index >= 15 is 0 Å². The van der Waals surface area contributed by atoms with Gasteiger partial charge in [-0.2, -0.15) is 0 Å². The first-order chi connectivity index (χ1) is 11.7. The Balaban J connectivity index is 1.53. The van der Waals surface area contributed by atoms with Gasteiger partial charge in [0.1, 0.15) is 12.1 Å². The van der Waals surface area contributed by atoms with Crippen LogP contribution < -0.4 is 21.1 Å².